The number of hydrogen-bond acceptors (Lipinski definition) is 3. The summed E-state index contributed by atoms with van der Waals surface area (Å²) in [4.78, 5) is 27.9. The first-order valence-electron chi connectivity index (χ1n) is 10.6. The monoisotopic (exact) mass is 514 g/mol. The van der Waals surface area contributed by atoms with Crippen molar-refractivity contribution in [1.29, 1.82) is 0 Å². The zero-order chi connectivity index (χ0) is 23.7. The van der Waals surface area contributed by atoms with E-state index in [1.165, 1.54) is 11.8 Å². The van der Waals surface area contributed by atoms with Crippen molar-refractivity contribution in [3.05, 3.63) is 68.7 Å². The molecule has 0 bridgehead atoms. The van der Waals surface area contributed by atoms with E-state index in [9.17, 15) is 9.59 Å². The smallest absolute Gasteiger partial charge is 0.243 e. The predicted octanol–water partition coefficient (Wildman–Crippen LogP) is 6.60. The molecule has 2 atom stereocenters. The maximum atomic E-state index is 13.3. The summed E-state index contributed by atoms with van der Waals surface area (Å²) in [7, 11) is 0. The van der Waals surface area contributed by atoms with Crippen LogP contribution in [0.2, 0.25) is 15.1 Å². The quantitative estimate of drug-likeness (QED) is 0.367. The molecule has 2 aromatic carbocycles. The average molecular weight is 516 g/mol. The Morgan fingerprint density at radius 1 is 0.969 bits per heavy atom. The number of benzene rings is 2. The molecule has 0 aliphatic rings. The lowest BCUT2D eigenvalue weighted by Crippen LogP contribution is -2.51. The minimum Gasteiger partial charge on any atom is -0.352 e. The predicted molar refractivity (Wildman–Crippen MR) is 137 cm³/mol. The van der Waals surface area contributed by atoms with E-state index >= 15 is 0 Å². The van der Waals surface area contributed by atoms with E-state index in [4.69, 9.17) is 34.8 Å². The van der Waals surface area contributed by atoms with Gasteiger partial charge in [0.2, 0.25) is 11.8 Å². The fraction of sp³-hybridized carbons (Fsp3) is 0.417. The van der Waals surface area contributed by atoms with E-state index in [1.807, 2.05) is 45.0 Å². The number of rotatable bonds is 11. The van der Waals surface area contributed by atoms with Crippen molar-refractivity contribution in [2.75, 3.05) is 5.75 Å². The fourth-order valence-electron chi connectivity index (χ4n) is 3.16. The Kier molecular flexibility index (Phi) is 11.2. The number of amides is 2. The molecule has 0 unspecified atom stereocenters. The van der Waals surface area contributed by atoms with Crippen molar-refractivity contribution in [2.24, 2.45) is 0 Å². The second-order valence-corrected chi connectivity index (χ2v) is 9.76. The Hall–Kier alpha value is -1.40. The van der Waals surface area contributed by atoms with Crippen molar-refractivity contribution in [3.8, 4) is 0 Å². The molecular formula is C24H29Cl3N2O2S. The zero-order valence-corrected chi connectivity index (χ0v) is 21.6. The van der Waals surface area contributed by atoms with E-state index in [0.717, 1.165) is 12.0 Å². The Morgan fingerprint density at radius 2 is 1.59 bits per heavy atom. The summed E-state index contributed by atoms with van der Waals surface area (Å²) in [6.45, 7) is 6.01. The second-order valence-electron chi connectivity index (χ2n) is 7.55. The highest BCUT2D eigenvalue weighted by molar-refractivity contribution is 7.99. The summed E-state index contributed by atoms with van der Waals surface area (Å²) in [5.74, 6) is 0.487. The van der Waals surface area contributed by atoms with Crippen LogP contribution in [0.4, 0.5) is 0 Å². The summed E-state index contributed by atoms with van der Waals surface area (Å²) < 4.78 is 0. The first kappa shape index (κ1) is 26.8. The van der Waals surface area contributed by atoms with E-state index in [1.54, 1.807) is 23.1 Å². The normalized spacial score (nSPS) is 12.8. The van der Waals surface area contributed by atoms with Gasteiger partial charge in [-0.3, -0.25) is 9.59 Å². The largest absolute Gasteiger partial charge is 0.352 e. The van der Waals surface area contributed by atoms with Gasteiger partial charge in [0.15, 0.2) is 0 Å². The van der Waals surface area contributed by atoms with Crippen molar-refractivity contribution >= 4 is 58.4 Å². The number of nitrogens with zero attached hydrogens (tertiary/aromatic N) is 1. The summed E-state index contributed by atoms with van der Waals surface area (Å²) in [5.41, 5.74) is 1.60. The van der Waals surface area contributed by atoms with Crippen LogP contribution in [0.5, 0.6) is 0 Å². The minimum absolute atomic E-state index is 0.0204. The van der Waals surface area contributed by atoms with Crippen LogP contribution in [0.1, 0.15) is 44.7 Å². The molecule has 0 aliphatic carbocycles. The lowest BCUT2D eigenvalue weighted by atomic mass is 10.1. The van der Waals surface area contributed by atoms with Gasteiger partial charge in [-0.05, 0) is 43.5 Å². The number of carbonyl (C=O) groups is 2. The third-order valence-electron chi connectivity index (χ3n) is 5.22. The van der Waals surface area contributed by atoms with Crippen molar-refractivity contribution in [2.45, 2.75) is 58.0 Å². The van der Waals surface area contributed by atoms with Crippen LogP contribution < -0.4 is 5.32 Å². The molecular weight excluding hydrogens is 487 g/mol. The topological polar surface area (TPSA) is 49.4 Å². The Bertz CT molecular complexity index is 906. The lowest BCUT2D eigenvalue weighted by Gasteiger charge is -2.32. The highest BCUT2D eigenvalue weighted by Gasteiger charge is 2.30. The Morgan fingerprint density at radius 3 is 2.19 bits per heavy atom. The first-order chi connectivity index (χ1) is 15.3. The van der Waals surface area contributed by atoms with Gasteiger partial charge in [0.25, 0.3) is 0 Å². The maximum absolute atomic E-state index is 13.3. The number of hydrogen-bond donors (Lipinski definition) is 1. The molecule has 0 saturated carbocycles. The molecule has 2 rings (SSSR count). The Balaban J connectivity index is 2.22. The van der Waals surface area contributed by atoms with Gasteiger partial charge in [-0.1, -0.05) is 72.9 Å². The van der Waals surface area contributed by atoms with Gasteiger partial charge in [0.1, 0.15) is 6.04 Å². The van der Waals surface area contributed by atoms with Crippen LogP contribution in [0, 0.1) is 0 Å². The lowest BCUT2D eigenvalue weighted by molar-refractivity contribution is -0.139. The van der Waals surface area contributed by atoms with Gasteiger partial charge < -0.3 is 10.2 Å². The van der Waals surface area contributed by atoms with E-state index in [0.29, 0.717) is 32.8 Å². The summed E-state index contributed by atoms with van der Waals surface area (Å²) in [5, 5.41) is 4.61. The molecule has 2 amide bonds. The van der Waals surface area contributed by atoms with Crippen LogP contribution in [-0.2, 0) is 21.9 Å². The molecule has 0 heterocycles. The van der Waals surface area contributed by atoms with E-state index in [-0.39, 0.29) is 30.2 Å². The molecule has 8 heteroatoms. The van der Waals surface area contributed by atoms with Gasteiger partial charge in [0, 0.05) is 39.0 Å². The molecule has 0 radical (unpaired) electrons. The number of nitrogens with one attached hydrogen (secondary N) is 1. The molecule has 0 aromatic heterocycles. The van der Waals surface area contributed by atoms with Crippen LogP contribution in [0.25, 0.3) is 0 Å². The molecule has 1 N–H and O–H groups in total. The van der Waals surface area contributed by atoms with Crippen LogP contribution in [0.15, 0.2) is 42.5 Å². The molecule has 0 spiro atoms. The molecule has 174 valence electrons. The number of carbonyl (C=O) groups excluding carboxylic acids is 2. The zero-order valence-electron chi connectivity index (χ0n) is 18.5. The standard InChI is InChI=1S/C24H29Cl3N2O2S/c1-4-16(3)28-24(31)22(5-2)29(13-18-20(26)11-8-12-21(18)27)23(30)15-32-14-17-9-6-7-10-19(17)25/h6-12,16,22H,4-5,13-15H2,1-3H3,(H,28,31)/t16-,22+/m0/s1. The van der Waals surface area contributed by atoms with Crippen molar-refractivity contribution in [1.82, 2.24) is 10.2 Å². The van der Waals surface area contributed by atoms with Gasteiger partial charge >= 0.3 is 0 Å². The summed E-state index contributed by atoms with van der Waals surface area (Å²) in [6, 6.07) is 12.2. The van der Waals surface area contributed by atoms with Crippen LogP contribution in [-0.4, -0.2) is 34.6 Å². The molecule has 2 aromatic rings. The molecule has 0 saturated heterocycles. The van der Waals surface area contributed by atoms with Crippen molar-refractivity contribution in [3.63, 3.8) is 0 Å². The third-order valence-corrected chi connectivity index (χ3v) is 7.26. The highest BCUT2D eigenvalue weighted by Crippen LogP contribution is 2.28. The molecule has 32 heavy (non-hydrogen) atoms. The SMILES string of the molecule is CC[C@H](C(=O)N[C@@H](C)CC)N(Cc1c(Cl)cccc1Cl)C(=O)CSCc1ccccc1Cl. The average Bonchev–Trinajstić information content (AvgIpc) is 2.76. The van der Waals surface area contributed by atoms with Gasteiger partial charge in [-0.2, -0.15) is 0 Å². The van der Waals surface area contributed by atoms with Crippen LogP contribution in [0.3, 0.4) is 0 Å². The molecule has 4 nitrogen and oxygen atoms in total. The minimum atomic E-state index is -0.621. The highest BCUT2D eigenvalue weighted by atomic mass is 35.5. The van der Waals surface area contributed by atoms with Crippen molar-refractivity contribution < 1.29 is 9.59 Å². The summed E-state index contributed by atoms with van der Waals surface area (Å²) >= 11 is 20.4. The third kappa shape index (κ3) is 7.58. The molecule has 0 aliphatic heterocycles. The fourth-order valence-corrected chi connectivity index (χ4v) is 4.87. The summed E-state index contributed by atoms with van der Waals surface area (Å²) in [6.07, 6.45) is 1.28. The number of thioether (sulfide) groups is 1. The van der Waals surface area contributed by atoms with E-state index in [2.05, 4.69) is 5.32 Å². The second kappa shape index (κ2) is 13.3. The van der Waals surface area contributed by atoms with Gasteiger partial charge in [0.05, 0.1) is 5.75 Å². The first-order valence-corrected chi connectivity index (χ1v) is 12.9. The number of halogens is 3. The maximum Gasteiger partial charge on any atom is 0.243 e. The van der Waals surface area contributed by atoms with Gasteiger partial charge in [-0.15, -0.1) is 11.8 Å². The molecule has 0 fully saturated rings. The van der Waals surface area contributed by atoms with Gasteiger partial charge in [-0.25, -0.2) is 0 Å². The van der Waals surface area contributed by atoms with E-state index < -0.39 is 6.04 Å². The Labute approximate surface area is 210 Å². The van der Waals surface area contributed by atoms with Crippen LogP contribution >= 0.6 is 46.6 Å².